The van der Waals surface area contributed by atoms with Gasteiger partial charge in [-0.15, -0.1) is 0 Å². The summed E-state index contributed by atoms with van der Waals surface area (Å²) in [6, 6.07) is 22.8. The Morgan fingerprint density at radius 3 is 2.50 bits per heavy atom. The predicted molar refractivity (Wildman–Crippen MR) is 199 cm³/mol. The molecule has 0 aliphatic carbocycles. The van der Waals surface area contributed by atoms with E-state index < -0.39 is 6.09 Å². The van der Waals surface area contributed by atoms with Crippen LogP contribution in [0, 0.1) is 13.8 Å². The van der Waals surface area contributed by atoms with Crippen LogP contribution in [0.3, 0.4) is 0 Å². The van der Waals surface area contributed by atoms with Crippen molar-refractivity contribution in [2.75, 3.05) is 36.5 Å². The molecule has 1 aliphatic rings. The minimum absolute atomic E-state index is 0.00511. The molecule has 5 rings (SSSR count). The molecular formula is C40H50N6O4. The molecule has 10 nitrogen and oxygen atoms in total. The number of carbonyl (C=O) groups excluding carboxylic acids is 2. The fourth-order valence-electron chi connectivity index (χ4n) is 5.97. The van der Waals surface area contributed by atoms with Crippen LogP contribution in [-0.2, 0) is 11.2 Å². The zero-order chi connectivity index (χ0) is 35.3. The number of para-hydroxylation sites is 1. The number of hydrogen-bond donors (Lipinski definition) is 2. The minimum atomic E-state index is -0.612. The summed E-state index contributed by atoms with van der Waals surface area (Å²) in [5.41, 5.74) is 3.92. The smallest absolute Gasteiger partial charge is 0.425 e. The fraction of sp³-hybridized carbons (Fsp3) is 0.400. The number of ether oxygens (including phenoxy) is 2. The van der Waals surface area contributed by atoms with Gasteiger partial charge in [0.2, 0.25) is 11.9 Å². The molecular weight excluding hydrogens is 628 g/mol. The van der Waals surface area contributed by atoms with E-state index >= 15 is 0 Å². The first-order valence-corrected chi connectivity index (χ1v) is 17.8. The fourth-order valence-corrected chi connectivity index (χ4v) is 5.97. The normalized spacial score (nSPS) is 13.7. The van der Waals surface area contributed by atoms with Gasteiger partial charge in [-0.25, -0.2) is 14.7 Å². The summed E-state index contributed by atoms with van der Waals surface area (Å²) < 4.78 is 12.1. The van der Waals surface area contributed by atoms with Crippen LogP contribution in [0.1, 0.15) is 69.1 Å². The van der Waals surface area contributed by atoms with Gasteiger partial charge in [0.25, 0.3) is 0 Å². The van der Waals surface area contributed by atoms with E-state index in [1.165, 1.54) is 37.3 Å². The van der Waals surface area contributed by atoms with Gasteiger partial charge in [-0.3, -0.25) is 4.79 Å². The van der Waals surface area contributed by atoms with Crippen molar-refractivity contribution in [2.24, 2.45) is 0 Å². The quantitative estimate of drug-likeness (QED) is 0.121. The van der Waals surface area contributed by atoms with E-state index in [0.29, 0.717) is 42.7 Å². The molecule has 0 bridgehead atoms. The number of benzene rings is 3. The van der Waals surface area contributed by atoms with E-state index in [0.717, 1.165) is 47.5 Å². The minimum Gasteiger partial charge on any atom is -0.493 e. The summed E-state index contributed by atoms with van der Waals surface area (Å²) >= 11 is 0. The van der Waals surface area contributed by atoms with Gasteiger partial charge in [0.05, 0.1) is 12.3 Å². The highest BCUT2D eigenvalue weighted by molar-refractivity contribution is 5.96. The summed E-state index contributed by atoms with van der Waals surface area (Å²) in [7, 11) is 0. The van der Waals surface area contributed by atoms with Crippen LogP contribution in [0.2, 0.25) is 0 Å². The highest BCUT2D eigenvalue weighted by Gasteiger charge is 2.24. The number of anilines is 4. The number of likely N-dealkylation sites (tertiary alicyclic amines) is 1. The van der Waals surface area contributed by atoms with Crippen molar-refractivity contribution >= 4 is 35.1 Å². The lowest BCUT2D eigenvalue weighted by atomic mass is 10.1. The molecule has 1 saturated heterocycles. The number of carbonyl (C=O) groups is 2. The Labute approximate surface area is 296 Å². The SMILES string of the molecule is CCC(C)NC(=O)CCc1cccc(N(C(=O)Oc2c(C)cccc2C)c2ccnc(Nc3cccc(OCCCN4CCCCC4)c3)n2)c1. The Balaban J connectivity index is 1.33. The van der Waals surface area contributed by atoms with Crippen LogP contribution in [0.4, 0.5) is 27.9 Å². The Bertz CT molecular complexity index is 1700. The highest BCUT2D eigenvalue weighted by Crippen LogP contribution is 2.30. The van der Waals surface area contributed by atoms with Gasteiger partial charge in [-0.1, -0.05) is 49.7 Å². The molecule has 2 amide bonds. The van der Waals surface area contributed by atoms with Crippen molar-refractivity contribution in [1.29, 1.82) is 0 Å². The van der Waals surface area contributed by atoms with Crippen molar-refractivity contribution in [3.8, 4) is 11.5 Å². The summed E-state index contributed by atoms with van der Waals surface area (Å²) in [6.07, 6.45) is 7.60. The maximum Gasteiger partial charge on any atom is 0.425 e. The molecule has 10 heteroatoms. The lowest BCUT2D eigenvalue weighted by Crippen LogP contribution is -2.32. The standard InChI is InChI=1S/C40H50N6O4/c1-5-31(4)42-37(47)20-19-32-15-10-17-34(27-32)46(40(48)50-38-29(2)13-9-14-30(38)3)36-21-22-41-39(44-36)43-33-16-11-18-35(28-33)49-26-12-25-45-23-7-6-8-24-45/h9-11,13-18,21-22,27-28,31H,5-8,12,19-20,23-26H2,1-4H3,(H,42,47)(H,41,43,44). The molecule has 0 spiro atoms. The molecule has 2 N–H and O–H groups in total. The first-order valence-electron chi connectivity index (χ1n) is 17.8. The first kappa shape index (κ1) is 36.3. The molecule has 1 aromatic heterocycles. The number of aromatic nitrogens is 2. The third-order valence-corrected chi connectivity index (χ3v) is 8.91. The molecule has 50 heavy (non-hydrogen) atoms. The van der Waals surface area contributed by atoms with Crippen molar-refractivity contribution in [2.45, 2.75) is 78.7 Å². The molecule has 3 aromatic carbocycles. The largest absolute Gasteiger partial charge is 0.493 e. The maximum atomic E-state index is 14.0. The number of rotatable bonds is 15. The van der Waals surface area contributed by atoms with Gasteiger partial charge in [-0.2, -0.15) is 4.98 Å². The van der Waals surface area contributed by atoms with E-state index in [1.807, 2.05) is 94.4 Å². The number of hydrogen-bond acceptors (Lipinski definition) is 8. The van der Waals surface area contributed by atoms with E-state index in [4.69, 9.17) is 14.5 Å². The molecule has 4 aromatic rings. The molecule has 1 aliphatic heterocycles. The van der Waals surface area contributed by atoms with E-state index in [9.17, 15) is 9.59 Å². The summed E-state index contributed by atoms with van der Waals surface area (Å²) in [5, 5.41) is 6.29. The lowest BCUT2D eigenvalue weighted by Gasteiger charge is -2.26. The molecule has 264 valence electrons. The number of nitrogens with one attached hydrogen (secondary N) is 2. The lowest BCUT2D eigenvalue weighted by molar-refractivity contribution is -0.121. The van der Waals surface area contributed by atoms with Crippen LogP contribution in [-0.4, -0.2) is 59.2 Å². The van der Waals surface area contributed by atoms with Crippen LogP contribution in [0.15, 0.2) is 79.0 Å². The summed E-state index contributed by atoms with van der Waals surface area (Å²) in [5.74, 6) is 1.90. The van der Waals surface area contributed by atoms with Gasteiger partial charge in [0.15, 0.2) is 0 Å². The van der Waals surface area contributed by atoms with Crippen molar-refractivity contribution in [3.05, 3.63) is 95.7 Å². The van der Waals surface area contributed by atoms with Gasteiger partial charge < -0.3 is 25.0 Å². The number of nitrogens with zero attached hydrogens (tertiary/aromatic N) is 4. The molecule has 1 unspecified atom stereocenters. The van der Waals surface area contributed by atoms with Crippen LogP contribution in [0.5, 0.6) is 11.5 Å². The zero-order valence-electron chi connectivity index (χ0n) is 29.8. The van der Waals surface area contributed by atoms with Crippen molar-refractivity contribution in [3.63, 3.8) is 0 Å². The second-order valence-electron chi connectivity index (χ2n) is 13.0. The van der Waals surface area contributed by atoms with Crippen LogP contribution in [0.25, 0.3) is 0 Å². The summed E-state index contributed by atoms with van der Waals surface area (Å²) in [4.78, 5) is 39.7. The third kappa shape index (κ3) is 10.5. The van der Waals surface area contributed by atoms with E-state index in [1.54, 1.807) is 12.3 Å². The van der Waals surface area contributed by atoms with E-state index in [2.05, 4.69) is 20.5 Å². The first-order chi connectivity index (χ1) is 24.3. The van der Waals surface area contributed by atoms with Crippen LogP contribution >= 0.6 is 0 Å². The van der Waals surface area contributed by atoms with Crippen molar-refractivity contribution in [1.82, 2.24) is 20.2 Å². The van der Waals surface area contributed by atoms with Gasteiger partial charge in [0, 0.05) is 43.0 Å². The second-order valence-corrected chi connectivity index (χ2v) is 13.0. The molecule has 2 heterocycles. The molecule has 0 radical (unpaired) electrons. The Kier molecular flexibility index (Phi) is 13.2. The monoisotopic (exact) mass is 678 g/mol. The second kappa shape index (κ2) is 18.2. The zero-order valence-corrected chi connectivity index (χ0v) is 29.8. The molecule has 0 saturated carbocycles. The average Bonchev–Trinajstić information content (AvgIpc) is 3.12. The average molecular weight is 679 g/mol. The van der Waals surface area contributed by atoms with Gasteiger partial charge >= 0.3 is 6.09 Å². The van der Waals surface area contributed by atoms with Crippen LogP contribution < -0.4 is 25.0 Å². The Morgan fingerprint density at radius 1 is 0.960 bits per heavy atom. The Morgan fingerprint density at radius 2 is 1.72 bits per heavy atom. The predicted octanol–water partition coefficient (Wildman–Crippen LogP) is 8.28. The summed E-state index contributed by atoms with van der Waals surface area (Å²) in [6.45, 7) is 11.9. The maximum absolute atomic E-state index is 14.0. The number of piperidine rings is 1. The number of amides is 2. The third-order valence-electron chi connectivity index (χ3n) is 8.91. The Hall–Kier alpha value is -4.96. The number of aryl methyl sites for hydroxylation is 3. The molecule has 1 atom stereocenters. The van der Waals surface area contributed by atoms with Gasteiger partial charge in [-0.05, 0) is 107 Å². The topological polar surface area (TPSA) is 109 Å². The van der Waals surface area contributed by atoms with E-state index in [-0.39, 0.29) is 11.9 Å². The highest BCUT2D eigenvalue weighted by atomic mass is 16.6. The van der Waals surface area contributed by atoms with Crippen molar-refractivity contribution < 1.29 is 19.1 Å². The van der Waals surface area contributed by atoms with Gasteiger partial charge in [0.1, 0.15) is 17.3 Å². The molecule has 1 fully saturated rings.